The summed E-state index contributed by atoms with van der Waals surface area (Å²) in [6.45, 7) is 6.35. The molecule has 0 saturated carbocycles. The number of rotatable bonds is 6. The highest BCUT2D eigenvalue weighted by molar-refractivity contribution is 6.42. The van der Waals surface area contributed by atoms with E-state index in [1.165, 1.54) is 0 Å². The van der Waals surface area contributed by atoms with Gasteiger partial charge in [-0.25, -0.2) is 0 Å². The van der Waals surface area contributed by atoms with Crippen molar-refractivity contribution in [1.82, 2.24) is 5.32 Å². The van der Waals surface area contributed by atoms with E-state index in [-0.39, 0.29) is 0 Å². The number of halogens is 2. The van der Waals surface area contributed by atoms with Crippen molar-refractivity contribution in [2.45, 2.75) is 27.0 Å². The minimum absolute atomic E-state index is 0.473. The third-order valence-electron chi connectivity index (χ3n) is 3.23. The van der Waals surface area contributed by atoms with Gasteiger partial charge in [0.1, 0.15) is 12.4 Å². The molecule has 4 heteroatoms. The maximum atomic E-state index is 6.03. The Morgan fingerprint density at radius 3 is 2.62 bits per heavy atom. The van der Waals surface area contributed by atoms with Crippen LogP contribution in [0.15, 0.2) is 36.4 Å². The maximum Gasteiger partial charge on any atom is 0.127 e. The fraction of sp³-hybridized carbons (Fsp3) is 0.294. The van der Waals surface area contributed by atoms with Crippen LogP contribution in [0.3, 0.4) is 0 Å². The van der Waals surface area contributed by atoms with Crippen molar-refractivity contribution >= 4 is 23.2 Å². The first-order chi connectivity index (χ1) is 10.1. The lowest BCUT2D eigenvalue weighted by molar-refractivity contribution is 0.300. The lowest BCUT2D eigenvalue weighted by Crippen LogP contribution is -2.13. The molecule has 0 radical (unpaired) electrons. The normalized spacial score (nSPS) is 10.7. The van der Waals surface area contributed by atoms with Gasteiger partial charge in [-0.05, 0) is 36.7 Å². The Labute approximate surface area is 136 Å². The third kappa shape index (κ3) is 4.37. The van der Waals surface area contributed by atoms with Crippen molar-refractivity contribution in [3.8, 4) is 5.75 Å². The van der Waals surface area contributed by atoms with Gasteiger partial charge in [-0.15, -0.1) is 0 Å². The molecule has 0 heterocycles. The SMILES string of the molecule is CCNCc1cccc(C)c1OCc1ccc(Cl)c(Cl)c1. The number of nitrogens with one attached hydrogen (secondary N) is 1. The van der Waals surface area contributed by atoms with Crippen LogP contribution < -0.4 is 10.1 Å². The van der Waals surface area contributed by atoms with Crippen molar-refractivity contribution in [3.63, 3.8) is 0 Å². The van der Waals surface area contributed by atoms with Gasteiger partial charge in [0.25, 0.3) is 0 Å². The van der Waals surface area contributed by atoms with E-state index < -0.39 is 0 Å². The zero-order valence-corrected chi connectivity index (χ0v) is 13.8. The second kappa shape index (κ2) is 7.69. The summed E-state index contributed by atoms with van der Waals surface area (Å²) in [7, 11) is 0. The van der Waals surface area contributed by atoms with Crippen LogP contribution in [0, 0.1) is 6.92 Å². The molecule has 0 atom stereocenters. The van der Waals surface area contributed by atoms with Crippen LogP contribution in [0.4, 0.5) is 0 Å². The first-order valence-corrected chi connectivity index (χ1v) is 7.73. The highest BCUT2D eigenvalue weighted by atomic mass is 35.5. The van der Waals surface area contributed by atoms with Crippen molar-refractivity contribution in [3.05, 3.63) is 63.1 Å². The second-order valence-electron chi connectivity index (χ2n) is 4.88. The van der Waals surface area contributed by atoms with Gasteiger partial charge in [-0.1, -0.05) is 54.4 Å². The molecule has 0 aromatic heterocycles. The van der Waals surface area contributed by atoms with E-state index in [9.17, 15) is 0 Å². The molecule has 0 bridgehead atoms. The molecule has 0 amide bonds. The van der Waals surface area contributed by atoms with E-state index >= 15 is 0 Å². The van der Waals surface area contributed by atoms with Gasteiger partial charge < -0.3 is 10.1 Å². The Hall–Kier alpha value is -1.22. The highest BCUT2D eigenvalue weighted by Crippen LogP contribution is 2.26. The Morgan fingerprint density at radius 2 is 1.90 bits per heavy atom. The summed E-state index contributed by atoms with van der Waals surface area (Å²) >= 11 is 12.0. The van der Waals surface area contributed by atoms with Gasteiger partial charge in [-0.2, -0.15) is 0 Å². The summed E-state index contributed by atoms with van der Waals surface area (Å²) in [5.41, 5.74) is 3.30. The van der Waals surface area contributed by atoms with Crippen LogP contribution in [0.25, 0.3) is 0 Å². The number of aryl methyl sites for hydroxylation is 1. The van der Waals surface area contributed by atoms with Crippen molar-refractivity contribution in [1.29, 1.82) is 0 Å². The average molecular weight is 324 g/mol. The molecule has 0 aliphatic heterocycles. The smallest absolute Gasteiger partial charge is 0.127 e. The molecule has 0 aliphatic carbocycles. The Kier molecular flexibility index (Phi) is 5.92. The van der Waals surface area contributed by atoms with E-state index in [1.807, 2.05) is 18.2 Å². The first kappa shape index (κ1) is 16.2. The van der Waals surface area contributed by atoms with Crippen molar-refractivity contribution in [2.24, 2.45) is 0 Å². The molecule has 0 spiro atoms. The number of ether oxygens (including phenoxy) is 1. The van der Waals surface area contributed by atoms with Crippen LogP contribution in [0.1, 0.15) is 23.6 Å². The van der Waals surface area contributed by atoms with Gasteiger partial charge in [0.2, 0.25) is 0 Å². The quantitative estimate of drug-likeness (QED) is 0.808. The van der Waals surface area contributed by atoms with Gasteiger partial charge >= 0.3 is 0 Å². The topological polar surface area (TPSA) is 21.3 Å². The molecule has 2 aromatic carbocycles. The van der Waals surface area contributed by atoms with E-state index in [1.54, 1.807) is 6.07 Å². The summed E-state index contributed by atoms with van der Waals surface area (Å²) < 4.78 is 6.00. The van der Waals surface area contributed by atoms with Gasteiger partial charge in [0.05, 0.1) is 10.0 Å². The summed E-state index contributed by atoms with van der Waals surface area (Å²) in [5.74, 6) is 0.935. The van der Waals surface area contributed by atoms with Gasteiger partial charge in [0, 0.05) is 12.1 Å². The molecule has 112 valence electrons. The number of hydrogen-bond acceptors (Lipinski definition) is 2. The van der Waals surface area contributed by atoms with E-state index in [0.717, 1.165) is 35.5 Å². The Morgan fingerprint density at radius 1 is 1.10 bits per heavy atom. The highest BCUT2D eigenvalue weighted by Gasteiger charge is 2.07. The lowest BCUT2D eigenvalue weighted by atomic mass is 10.1. The van der Waals surface area contributed by atoms with Gasteiger partial charge in [0.15, 0.2) is 0 Å². The monoisotopic (exact) mass is 323 g/mol. The number of benzene rings is 2. The minimum Gasteiger partial charge on any atom is -0.488 e. The summed E-state index contributed by atoms with van der Waals surface area (Å²) in [6, 6.07) is 11.7. The first-order valence-electron chi connectivity index (χ1n) is 6.97. The van der Waals surface area contributed by atoms with Gasteiger partial charge in [-0.3, -0.25) is 0 Å². The molecule has 0 unspecified atom stereocenters. The fourth-order valence-electron chi connectivity index (χ4n) is 2.10. The van der Waals surface area contributed by atoms with E-state index in [4.69, 9.17) is 27.9 Å². The predicted molar refractivity (Wildman–Crippen MR) is 89.4 cm³/mol. The van der Waals surface area contributed by atoms with E-state index in [2.05, 4.69) is 31.3 Å². The second-order valence-corrected chi connectivity index (χ2v) is 5.70. The average Bonchev–Trinajstić information content (AvgIpc) is 2.47. The molecule has 0 aliphatic rings. The van der Waals surface area contributed by atoms with E-state index in [0.29, 0.717) is 16.7 Å². The minimum atomic E-state index is 0.473. The molecule has 2 nitrogen and oxygen atoms in total. The largest absolute Gasteiger partial charge is 0.488 e. The number of para-hydroxylation sites is 1. The molecule has 21 heavy (non-hydrogen) atoms. The predicted octanol–water partition coefficient (Wildman–Crippen LogP) is 4.99. The zero-order chi connectivity index (χ0) is 15.2. The molecule has 0 fully saturated rings. The van der Waals surface area contributed by atoms with Crippen LogP contribution in [0.2, 0.25) is 10.0 Å². The third-order valence-corrected chi connectivity index (χ3v) is 3.97. The van der Waals surface area contributed by atoms with Crippen LogP contribution in [-0.4, -0.2) is 6.54 Å². The van der Waals surface area contributed by atoms with Crippen LogP contribution in [0.5, 0.6) is 5.75 Å². The molecule has 1 N–H and O–H groups in total. The van der Waals surface area contributed by atoms with Crippen molar-refractivity contribution in [2.75, 3.05) is 6.54 Å². The molecule has 2 rings (SSSR count). The molecular formula is C17H19Cl2NO. The maximum absolute atomic E-state index is 6.03. The fourth-order valence-corrected chi connectivity index (χ4v) is 2.42. The van der Waals surface area contributed by atoms with Crippen molar-refractivity contribution < 1.29 is 4.74 Å². The summed E-state index contributed by atoms with van der Waals surface area (Å²) in [6.07, 6.45) is 0. The molecular weight excluding hydrogens is 305 g/mol. The summed E-state index contributed by atoms with van der Waals surface area (Å²) in [5, 5.41) is 4.44. The Balaban J connectivity index is 2.13. The lowest BCUT2D eigenvalue weighted by Gasteiger charge is -2.15. The zero-order valence-electron chi connectivity index (χ0n) is 12.2. The van der Waals surface area contributed by atoms with Crippen LogP contribution >= 0.6 is 23.2 Å². The summed E-state index contributed by atoms with van der Waals surface area (Å²) in [4.78, 5) is 0. The molecule has 0 saturated heterocycles. The standard InChI is InChI=1S/C17H19Cl2NO/c1-3-20-10-14-6-4-5-12(2)17(14)21-11-13-7-8-15(18)16(19)9-13/h4-9,20H,3,10-11H2,1-2H3. The van der Waals surface area contributed by atoms with Crippen LogP contribution in [-0.2, 0) is 13.2 Å². The number of hydrogen-bond donors (Lipinski definition) is 1. The Bertz CT molecular complexity index is 614. The molecule has 2 aromatic rings.